The maximum absolute atomic E-state index is 13.5. The molecular formula is C11H7BrFNOS. The lowest BCUT2D eigenvalue weighted by molar-refractivity contribution is 0.0989. The molecular weight excluding hydrogens is 293 g/mol. The largest absolute Gasteiger partial charge is 0.294 e. The molecule has 2 rings (SSSR count). The van der Waals surface area contributed by atoms with Crippen molar-refractivity contribution in [3.63, 3.8) is 0 Å². The molecule has 0 aliphatic rings. The molecule has 0 fully saturated rings. The van der Waals surface area contributed by atoms with E-state index in [4.69, 9.17) is 0 Å². The predicted molar refractivity (Wildman–Crippen MR) is 64.2 cm³/mol. The van der Waals surface area contributed by atoms with Gasteiger partial charge < -0.3 is 0 Å². The number of ketones is 1. The standard InChI is InChI=1S/C11H7BrFNOS/c12-7-1-2-8(9(13)5-7)10(15)6-11-14-3-4-16-11/h1-5H,6H2. The number of thiazole rings is 1. The number of carbonyl (C=O) groups excluding carboxylic acids is 1. The van der Waals surface area contributed by atoms with Gasteiger partial charge in [-0.2, -0.15) is 0 Å². The fraction of sp³-hybridized carbons (Fsp3) is 0.0909. The van der Waals surface area contributed by atoms with Crippen LogP contribution in [-0.2, 0) is 6.42 Å². The average molecular weight is 300 g/mol. The number of aromatic nitrogens is 1. The van der Waals surface area contributed by atoms with Crippen molar-refractivity contribution in [1.82, 2.24) is 4.98 Å². The van der Waals surface area contributed by atoms with Crippen LogP contribution in [0.4, 0.5) is 4.39 Å². The van der Waals surface area contributed by atoms with Gasteiger partial charge in [0.05, 0.1) is 12.0 Å². The molecule has 0 radical (unpaired) electrons. The fourth-order valence-electron chi connectivity index (χ4n) is 1.29. The van der Waals surface area contributed by atoms with Gasteiger partial charge in [-0.05, 0) is 18.2 Å². The van der Waals surface area contributed by atoms with Crippen LogP contribution in [0.2, 0.25) is 0 Å². The Labute approximate surface area is 104 Å². The number of halogens is 2. The summed E-state index contributed by atoms with van der Waals surface area (Å²) in [5, 5.41) is 2.49. The summed E-state index contributed by atoms with van der Waals surface area (Å²) in [5.41, 5.74) is 0.110. The van der Waals surface area contributed by atoms with E-state index in [-0.39, 0.29) is 17.8 Å². The van der Waals surface area contributed by atoms with Crippen LogP contribution in [0.5, 0.6) is 0 Å². The summed E-state index contributed by atoms with van der Waals surface area (Å²) in [6, 6.07) is 4.42. The monoisotopic (exact) mass is 299 g/mol. The van der Waals surface area contributed by atoms with Crippen molar-refractivity contribution >= 4 is 33.0 Å². The summed E-state index contributed by atoms with van der Waals surface area (Å²) in [6.07, 6.45) is 1.78. The van der Waals surface area contributed by atoms with Gasteiger partial charge in [0.2, 0.25) is 0 Å². The Morgan fingerprint density at radius 2 is 2.31 bits per heavy atom. The van der Waals surface area contributed by atoms with Crippen LogP contribution in [0.15, 0.2) is 34.2 Å². The van der Waals surface area contributed by atoms with Crippen molar-refractivity contribution < 1.29 is 9.18 Å². The van der Waals surface area contributed by atoms with Gasteiger partial charge in [-0.25, -0.2) is 9.37 Å². The fourth-order valence-corrected chi connectivity index (χ4v) is 2.24. The highest BCUT2D eigenvalue weighted by molar-refractivity contribution is 9.10. The summed E-state index contributed by atoms with van der Waals surface area (Å²) in [7, 11) is 0. The average Bonchev–Trinajstić information content (AvgIpc) is 2.70. The molecule has 0 aliphatic carbocycles. The van der Waals surface area contributed by atoms with Gasteiger partial charge in [0.25, 0.3) is 0 Å². The first kappa shape index (κ1) is 11.4. The SMILES string of the molecule is O=C(Cc1nccs1)c1ccc(Br)cc1F. The first-order chi connectivity index (χ1) is 7.66. The first-order valence-electron chi connectivity index (χ1n) is 4.53. The molecule has 0 spiro atoms. The number of nitrogens with zero attached hydrogens (tertiary/aromatic N) is 1. The van der Waals surface area contributed by atoms with E-state index in [1.54, 1.807) is 17.6 Å². The lowest BCUT2D eigenvalue weighted by Gasteiger charge is -2.01. The van der Waals surface area contributed by atoms with Gasteiger partial charge in [-0.3, -0.25) is 4.79 Å². The topological polar surface area (TPSA) is 30.0 Å². The van der Waals surface area contributed by atoms with Crippen LogP contribution in [0.3, 0.4) is 0 Å². The van der Waals surface area contributed by atoms with E-state index in [0.29, 0.717) is 9.48 Å². The minimum atomic E-state index is -0.504. The van der Waals surface area contributed by atoms with E-state index < -0.39 is 5.82 Å². The Balaban J connectivity index is 2.21. The maximum Gasteiger partial charge on any atom is 0.172 e. The van der Waals surface area contributed by atoms with Gasteiger partial charge in [0, 0.05) is 16.0 Å². The highest BCUT2D eigenvalue weighted by Gasteiger charge is 2.13. The number of Topliss-reactive ketones (excluding diaryl/α,β-unsaturated/α-hetero) is 1. The second-order valence-corrected chi connectivity index (χ2v) is 5.04. The third-order valence-electron chi connectivity index (χ3n) is 2.03. The Morgan fingerprint density at radius 1 is 1.50 bits per heavy atom. The minimum Gasteiger partial charge on any atom is -0.294 e. The predicted octanol–water partition coefficient (Wildman–Crippen LogP) is 3.47. The molecule has 82 valence electrons. The molecule has 0 bridgehead atoms. The quantitative estimate of drug-likeness (QED) is 0.812. The van der Waals surface area contributed by atoms with Crippen LogP contribution < -0.4 is 0 Å². The molecule has 0 aliphatic heterocycles. The molecule has 0 unspecified atom stereocenters. The van der Waals surface area contributed by atoms with Crippen molar-refractivity contribution in [2.75, 3.05) is 0 Å². The van der Waals surface area contributed by atoms with Gasteiger partial charge in [0.15, 0.2) is 5.78 Å². The number of carbonyl (C=O) groups is 1. The van der Waals surface area contributed by atoms with E-state index in [1.807, 2.05) is 0 Å². The van der Waals surface area contributed by atoms with Crippen molar-refractivity contribution in [3.05, 3.63) is 50.6 Å². The molecule has 0 atom stereocenters. The molecule has 0 saturated heterocycles. The lowest BCUT2D eigenvalue weighted by atomic mass is 10.1. The normalized spacial score (nSPS) is 10.4. The molecule has 1 heterocycles. The highest BCUT2D eigenvalue weighted by Crippen LogP contribution is 2.17. The van der Waals surface area contributed by atoms with E-state index >= 15 is 0 Å². The molecule has 16 heavy (non-hydrogen) atoms. The molecule has 0 amide bonds. The smallest absolute Gasteiger partial charge is 0.172 e. The van der Waals surface area contributed by atoms with Crippen LogP contribution >= 0.6 is 27.3 Å². The Hall–Kier alpha value is -1.07. The number of hydrogen-bond acceptors (Lipinski definition) is 3. The lowest BCUT2D eigenvalue weighted by Crippen LogP contribution is -2.05. The summed E-state index contributed by atoms with van der Waals surface area (Å²) in [6.45, 7) is 0. The zero-order chi connectivity index (χ0) is 11.5. The summed E-state index contributed by atoms with van der Waals surface area (Å²) < 4.78 is 14.1. The Morgan fingerprint density at radius 3 is 2.94 bits per heavy atom. The van der Waals surface area contributed by atoms with Crippen LogP contribution in [0, 0.1) is 5.82 Å². The van der Waals surface area contributed by atoms with Crippen molar-refractivity contribution in [2.45, 2.75) is 6.42 Å². The molecule has 1 aromatic heterocycles. The first-order valence-corrected chi connectivity index (χ1v) is 6.20. The molecule has 1 aromatic carbocycles. The van der Waals surface area contributed by atoms with Crippen molar-refractivity contribution in [1.29, 1.82) is 0 Å². The van der Waals surface area contributed by atoms with Gasteiger partial charge in [0.1, 0.15) is 10.8 Å². The molecule has 0 saturated carbocycles. The maximum atomic E-state index is 13.5. The zero-order valence-corrected chi connectivity index (χ0v) is 10.5. The second-order valence-electron chi connectivity index (χ2n) is 3.15. The van der Waals surface area contributed by atoms with Crippen LogP contribution in [0.25, 0.3) is 0 Å². The van der Waals surface area contributed by atoms with Gasteiger partial charge in [-0.1, -0.05) is 15.9 Å². The number of benzene rings is 1. The van der Waals surface area contributed by atoms with Gasteiger partial charge >= 0.3 is 0 Å². The van der Waals surface area contributed by atoms with Crippen LogP contribution in [0.1, 0.15) is 15.4 Å². The highest BCUT2D eigenvalue weighted by atomic mass is 79.9. The third-order valence-corrected chi connectivity index (χ3v) is 3.30. The van der Waals surface area contributed by atoms with Gasteiger partial charge in [-0.15, -0.1) is 11.3 Å². The van der Waals surface area contributed by atoms with Crippen molar-refractivity contribution in [3.8, 4) is 0 Å². The minimum absolute atomic E-state index is 0.110. The summed E-state index contributed by atoms with van der Waals surface area (Å²) in [4.78, 5) is 15.8. The number of rotatable bonds is 3. The second kappa shape index (κ2) is 4.84. The molecule has 2 nitrogen and oxygen atoms in total. The summed E-state index contributed by atoms with van der Waals surface area (Å²) in [5.74, 6) is -0.754. The zero-order valence-electron chi connectivity index (χ0n) is 8.11. The molecule has 0 N–H and O–H groups in total. The van der Waals surface area contributed by atoms with E-state index in [0.717, 1.165) is 0 Å². The third kappa shape index (κ3) is 2.54. The molecule has 5 heteroatoms. The van der Waals surface area contributed by atoms with E-state index in [2.05, 4.69) is 20.9 Å². The molecule has 2 aromatic rings. The Kier molecular flexibility index (Phi) is 3.46. The van der Waals surface area contributed by atoms with E-state index in [1.165, 1.54) is 23.5 Å². The van der Waals surface area contributed by atoms with Crippen molar-refractivity contribution in [2.24, 2.45) is 0 Å². The Bertz CT molecular complexity index is 513. The number of hydrogen-bond donors (Lipinski definition) is 0. The van der Waals surface area contributed by atoms with E-state index in [9.17, 15) is 9.18 Å². The summed E-state index contributed by atoms with van der Waals surface area (Å²) >= 11 is 4.54. The van der Waals surface area contributed by atoms with Crippen LogP contribution in [-0.4, -0.2) is 10.8 Å².